The Morgan fingerprint density at radius 3 is 3.05 bits per heavy atom. The van der Waals surface area contributed by atoms with Crippen LogP contribution >= 0.6 is 0 Å². The molecule has 0 saturated heterocycles. The summed E-state index contributed by atoms with van der Waals surface area (Å²) in [5.74, 6) is 0. The predicted octanol–water partition coefficient (Wildman–Crippen LogP) is 2.05. The smallest absolute Gasteiger partial charge is 0.261 e. The lowest BCUT2D eigenvalue weighted by atomic mass is 10.1. The summed E-state index contributed by atoms with van der Waals surface area (Å²) in [5, 5.41) is 3.19. The molecule has 0 spiro atoms. The number of benzene rings is 1. The molecule has 0 aliphatic carbocycles. The van der Waals surface area contributed by atoms with E-state index in [1.807, 2.05) is 0 Å². The zero-order valence-corrected chi connectivity index (χ0v) is 11.2. The van der Waals surface area contributed by atoms with E-state index in [2.05, 4.69) is 35.5 Å². The summed E-state index contributed by atoms with van der Waals surface area (Å²) < 4.78 is 28.4. The average molecular weight is 270 g/mol. The van der Waals surface area contributed by atoms with Crippen LogP contribution in [0.25, 0.3) is 0 Å². The van der Waals surface area contributed by atoms with Crippen LogP contribution in [0.3, 0.4) is 0 Å². The summed E-state index contributed by atoms with van der Waals surface area (Å²) in [6, 6.07) is 6.46. The predicted molar refractivity (Wildman–Crippen MR) is 71.9 cm³/mol. The molecule has 0 bridgehead atoms. The minimum absolute atomic E-state index is 0.317. The van der Waals surface area contributed by atoms with Gasteiger partial charge in [0.25, 0.3) is 6.43 Å². The van der Waals surface area contributed by atoms with Gasteiger partial charge in [0.1, 0.15) is 6.61 Å². The second kappa shape index (κ2) is 6.82. The van der Waals surface area contributed by atoms with Gasteiger partial charge in [0, 0.05) is 32.4 Å². The molecule has 0 radical (unpaired) electrons. The van der Waals surface area contributed by atoms with Crippen LogP contribution in [-0.4, -0.2) is 39.8 Å². The van der Waals surface area contributed by atoms with Crippen LogP contribution in [0.4, 0.5) is 14.5 Å². The van der Waals surface area contributed by atoms with Crippen molar-refractivity contribution in [2.75, 3.05) is 38.3 Å². The quantitative estimate of drug-likeness (QED) is 0.767. The van der Waals surface area contributed by atoms with Crippen LogP contribution < -0.4 is 10.2 Å². The number of nitrogens with zero attached hydrogens (tertiary/aromatic N) is 1. The van der Waals surface area contributed by atoms with Gasteiger partial charge in [-0.3, -0.25) is 0 Å². The highest BCUT2D eigenvalue weighted by molar-refractivity contribution is 5.58. The van der Waals surface area contributed by atoms with Gasteiger partial charge >= 0.3 is 0 Å². The number of alkyl halides is 2. The van der Waals surface area contributed by atoms with Crippen LogP contribution in [0.1, 0.15) is 11.1 Å². The second-order valence-corrected chi connectivity index (χ2v) is 4.78. The van der Waals surface area contributed by atoms with Gasteiger partial charge in [0.15, 0.2) is 0 Å². The van der Waals surface area contributed by atoms with Gasteiger partial charge < -0.3 is 15.0 Å². The average Bonchev–Trinajstić information content (AvgIpc) is 2.75. The maximum Gasteiger partial charge on any atom is 0.261 e. The van der Waals surface area contributed by atoms with E-state index in [1.165, 1.54) is 16.8 Å². The van der Waals surface area contributed by atoms with Crippen molar-refractivity contribution in [3.05, 3.63) is 29.3 Å². The molecule has 0 fully saturated rings. The van der Waals surface area contributed by atoms with Crippen molar-refractivity contribution < 1.29 is 13.5 Å². The number of rotatable bonds is 7. The van der Waals surface area contributed by atoms with Gasteiger partial charge in [0.2, 0.25) is 0 Å². The molecular formula is C14H20F2N2O. The summed E-state index contributed by atoms with van der Waals surface area (Å²) in [6.45, 7) is 2.25. The maximum absolute atomic E-state index is 11.8. The van der Waals surface area contributed by atoms with Gasteiger partial charge in [-0.05, 0) is 23.6 Å². The number of nitrogens with one attached hydrogen (secondary N) is 1. The molecule has 0 aromatic heterocycles. The molecule has 1 heterocycles. The molecule has 1 aliphatic rings. The third-order valence-corrected chi connectivity index (χ3v) is 3.27. The highest BCUT2D eigenvalue weighted by atomic mass is 19.3. The number of likely N-dealkylation sites (N-methyl/N-ethyl adjacent to an activating group) is 1. The third kappa shape index (κ3) is 4.14. The lowest BCUT2D eigenvalue weighted by molar-refractivity contribution is 0.0187. The Kier molecular flexibility index (Phi) is 5.10. The van der Waals surface area contributed by atoms with Crippen molar-refractivity contribution in [1.29, 1.82) is 0 Å². The highest BCUT2D eigenvalue weighted by Gasteiger charge is 2.15. The monoisotopic (exact) mass is 270 g/mol. The number of halogens is 2. The Morgan fingerprint density at radius 2 is 2.26 bits per heavy atom. The summed E-state index contributed by atoms with van der Waals surface area (Å²) in [6.07, 6.45) is -1.29. The van der Waals surface area contributed by atoms with Gasteiger partial charge in [-0.2, -0.15) is 0 Å². The van der Waals surface area contributed by atoms with Crippen molar-refractivity contribution >= 4 is 5.69 Å². The molecule has 1 aromatic carbocycles. The minimum Gasteiger partial charge on any atom is -0.374 e. The second-order valence-electron chi connectivity index (χ2n) is 4.78. The van der Waals surface area contributed by atoms with E-state index < -0.39 is 13.0 Å². The Labute approximate surface area is 112 Å². The molecule has 5 heteroatoms. The fourth-order valence-corrected chi connectivity index (χ4v) is 2.28. The number of ether oxygens (including phenoxy) is 1. The molecule has 0 amide bonds. The van der Waals surface area contributed by atoms with E-state index in [0.717, 1.165) is 19.5 Å². The number of anilines is 1. The molecule has 106 valence electrons. The Balaban J connectivity index is 1.69. The largest absolute Gasteiger partial charge is 0.374 e. The summed E-state index contributed by atoms with van der Waals surface area (Å²) in [4.78, 5) is 2.25. The molecule has 1 N–H and O–H groups in total. The molecule has 1 aromatic rings. The number of hydrogen-bond donors (Lipinski definition) is 1. The molecular weight excluding hydrogens is 250 g/mol. The number of fused-ring (bicyclic) bond motifs is 1. The fraction of sp³-hybridized carbons (Fsp3) is 0.571. The first-order chi connectivity index (χ1) is 9.16. The van der Waals surface area contributed by atoms with Crippen molar-refractivity contribution in [2.24, 2.45) is 0 Å². The molecule has 2 rings (SSSR count). The summed E-state index contributed by atoms with van der Waals surface area (Å²) in [5.41, 5.74) is 3.92. The normalized spacial score (nSPS) is 14.2. The third-order valence-electron chi connectivity index (χ3n) is 3.27. The molecule has 19 heavy (non-hydrogen) atoms. The van der Waals surface area contributed by atoms with E-state index in [9.17, 15) is 8.78 Å². The van der Waals surface area contributed by atoms with Crippen LogP contribution in [0, 0.1) is 0 Å². The summed E-state index contributed by atoms with van der Waals surface area (Å²) >= 11 is 0. The first kappa shape index (κ1) is 14.2. The topological polar surface area (TPSA) is 24.5 Å². The van der Waals surface area contributed by atoms with Gasteiger partial charge in [0.05, 0.1) is 6.61 Å². The zero-order chi connectivity index (χ0) is 13.7. The lowest BCUT2D eigenvalue weighted by Gasteiger charge is -2.12. The van der Waals surface area contributed by atoms with E-state index in [0.29, 0.717) is 13.2 Å². The Bertz CT molecular complexity index is 412. The highest BCUT2D eigenvalue weighted by Crippen LogP contribution is 2.27. The molecule has 1 aliphatic heterocycles. The maximum atomic E-state index is 11.8. The van der Waals surface area contributed by atoms with Crippen LogP contribution in [0.5, 0.6) is 0 Å². The van der Waals surface area contributed by atoms with Crippen molar-refractivity contribution in [3.63, 3.8) is 0 Å². The van der Waals surface area contributed by atoms with Crippen molar-refractivity contribution in [2.45, 2.75) is 19.4 Å². The first-order valence-electron chi connectivity index (χ1n) is 6.56. The Morgan fingerprint density at radius 1 is 1.42 bits per heavy atom. The van der Waals surface area contributed by atoms with Gasteiger partial charge in [-0.1, -0.05) is 12.1 Å². The fourth-order valence-electron chi connectivity index (χ4n) is 2.28. The van der Waals surface area contributed by atoms with E-state index in [4.69, 9.17) is 4.74 Å². The molecule has 0 saturated carbocycles. The zero-order valence-electron chi connectivity index (χ0n) is 11.2. The molecule has 0 unspecified atom stereocenters. The van der Waals surface area contributed by atoms with Crippen molar-refractivity contribution in [3.8, 4) is 0 Å². The summed E-state index contributed by atoms with van der Waals surface area (Å²) in [7, 11) is 2.10. The number of hydrogen-bond acceptors (Lipinski definition) is 3. The lowest BCUT2D eigenvalue weighted by Crippen LogP contribution is -2.20. The van der Waals surface area contributed by atoms with Crippen LogP contribution in [0.2, 0.25) is 0 Å². The molecule has 0 atom stereocenters. The standard InChI is InChI=1S/C14H20F2N2O/c1-18-6-4-12-8-11(2-3-13(12)18)9-17-5-7-19-10-14(15)16/h2-3,8,14,17H,4-7,9-10H2,1H3. The van der Waals surface area contributed by atoms with E-state index >= 15 is 0 Å². The SMILES string of the molecule is CN1CCc2cc(CNCCOCC(F)F)ccc21. The Hall–Kier alpha value is -1.20. The minimum atomic E-state index is -2.38. The van der Waals surface area contributed by atoms with E-state index in [1.54, 1.807) is 0 Å². The van der Waals surface area contributed by atoms with E-state index in [-0.39, 0.29) is 0 Å². The first-order valence-corrected chi connectivity index (χ1v) is 6.56. The molecule has 3 nitrogen and oxygen atoms in total. The van der Waals surface area contributed by atoms with Crippen LogP contribution in [0.15, 0.2) is 18.2 Å². The van der Waals surface area contributed by atoms with Crippen LogP contribution in [-0.2, 0) is 17.7 Å². The van der Waals surface area contributed by atoms with Gasteiger partial charge in [-0.15, -0.1) is 0 Å². The van der Waals surface area contributed by atoms with Gasteiger partial charge in [-0.25, -0.2) is 8.78 Å². The van der Waals surface area contributed by atoms with Crippen molar-refractivity contribution in [1.82, 2.24) is 5.32 Å².